The number of amides is 2. The number of rotatable bonds is 3. The molecule has 0 radical (unpaired) electrons. The Kier molecular flexibility index (Phi) is 3.71. The summed E-state index contributed by atoms with van der Waals surface area (Å²) in [5, 5.41) is 0. The number of hydrogen-bond donors (Lipinski definition) is 0. The normalized spacial score (nSPS) is 23.9. The van der Waals surface area contributed by atoms with Crippen molar-refractivity contribution in [1.82, 2.24) is 0 Å². The maximum Gasteiger partial charge on any atom is 0.261 e. The van der Waals surface area contributed by atoms with Gasteiger partial charge in [0.15, 0.2) is 11.9 Å². The van der Waals surface area contributed by atoms with E-state index in [0.717, 1.165) is 25.7 Å². The summed E-state index contributed by atoms with van der Waals surface area (Å²) in [4.78, 5) is 38.2. The van der Waals surface area contributed by atoms with E-state index in [1.807, 2.05) is 0 Å². The first kappa shape index (κ1) is 15.1. The van der Waals surface area contributed by atoms with E-state index in [-0.39, 0.29) is 17.6 Å². The van der Waals surface area contributed by atoms with Gasteiger partial charge >= 0.3 is 0 Å². The molecule has 0 bridgehead atoms. The van der Waals surface area contributed by atoms with E-state index >= 15 is 0 Å². The second kappa shape index (κ2) is 5.89. The second-order valence-electron chi connectivity index (χ2n) is 6.57. The van der Waals surface area contributed by atoms with E-state index in [4.69, 9.17) is 4.74 Å². The van der Waals surface area contributed by atoms with Gasteiger partial charge in [-0.3, -0.25) is 14.4 Å². The molecule has 4 rings (SSSR count). The highest BCUT2D eigenvalue weighted by molar-refractivity contribution is 6.33. The van der Waals surface area contributed by atoms with E-state index in [1.54, 1.807) is 24.3 Å². The van der Waals surface area contributed by atoms with E-state index in [0.29, 0.717) is 41.8 Å². The molecule has 0 aromatic heterocycles. The zero-order chi connectivity index (χ0) is 16.7. The summed E-state index contributed by atoms with van der Waals surface area (Å²) in [6.07, 6.45) is 5.01. The number of hydrogen-bond acceptors (Lipinski definition) is 4. The molecule has 1 fully saturated rings. The van der Waals surface area contributed by atoms with Gasteiger partial charge in [-0.05, 0) is 50.7 Å². The van der Waals surface area contributed by atoms with Gasteiger partial charge < -0.3 is 4.74 Å². The molecule has 0 N–H and O–H groups in total. The van der Waals surface area contributed by atoms with Crippen molar-refractivity contribution in [1.29, 1.82) is 0 Å². The smallest absolute Gasteiger partial charge is 0.261 e. The van der Waals surface area contributed by atoms with E-state index in [9.17, 15) is 14.4 Å². The fourth-order valence-electron chi connectivity index (χ4n) is 3.74. The van der Waals surface area contributed by atoms with E-state index in [1.165, 1.54) is 4.90 Å². The fraction of sp³-hybridized carbons (Fsp3) is 0.421. The van der Waals surface area contributed by atoms with Crippen LogP contribution in [-0.2, 0) is 14.4 Å². The molecule has 1 aromatic rings. The third-order valence-electron chi connectivity index (χ3n) is 4.99. The predicted molar refractivity (Wildman–Crippen MR) is 87.7 cm³/mol. The van der Waals surface area contributed by atoms with Crippen LogP contribution in [0.1, 0.15) is 44.9 Å². The molecular formula is C19H19NO4. The molecule has 1 aliphatic heterocycles. The van der Waals surface area contributed by atoms with Crippen molar-refractivity contribution in [2.75, 3.05) is 4.90 Å². The third-order valence-corrected chi connectivity index (χ3v) is 4.99. The van der Waals surface area contributed by atoms with Crippen molar-refractivity contribution in [3.05, 3.63) is 35.4 Å². The molecule has 1 saturated carbocycles. The van der Waals surface area contributed by atoms with Crippen LogP contribution in [0.2, 0.25) is 0 Å². The van der Waals surface area contributed by atoms with Crippen molar-refractivity contribution in [2.24, 2.45) is 0 Å². The molecule has 2 amide bonds. The largest absolute Gasteiger partial charge is 0.483 e. The molecule has 1 aromatic carbocycles. The Morgan fingerprint density at radius 2 is 1.62 bits per heavy atom. The molecule has 0 spiro atoms. The lowest BCUT2D eigenvalue weighted by Gasteiger charge is -2.17. The maximum absolute atomic E-state index is 12.6. The van der Waals surface area contributed by atoms with Gasteiger partial charge in [0.05, 0.1) is 5.69 Å². The third kappa shape index (κ3) is 2.44. The summed E-state index contributed by atoms with van der Waals surface area (Å²) in [5.74, 6) is 0.233. The second-order valence-corrected chi connectivity index (χ2v) is 6.57. The van der Waals surface area contributed by atoms with Gasteiger partial charge in [0.25, 0.3) is 11.8 Å². The minimum Gasteiger partial charge on any atom is -0.483 e. The van der Waals surface area contributed by atoms with Crippen LogP contribution in [0, 0.1) is 0 Å². The number of ketones is 1. The topological polar surface area (TPSA) is 63.7 Å². The van der Waals surface area contributed by atoms with Crippen LogP contribution in [0.5, 0.6) is 5.75 Å². The van der Waals surface area contributed by atoms with Crippen LogP contribution in [0.25, 0.3) is 0 Å². The highest BCUT2D eigenvalue weighted by atomic mass is 16.5. The summed E-state index contributed by atoms with van der Waals surface area (Å²) in [6.45, 7) is 0. The standard InChI is InChI=1S/C19H19NO4/c21-16-9-4-10-17(16)24-13-6-3-5-12(11-13)20-18(22)14-7-1-2-8-15(14)19(20)23/h3,5-6,11,17H,1-2,4,7-10H2. The van der Waals surface area contributed by atoms with Crippen LogP contribution >= 0.6 is 0 Å². The number of imide groups is 1. The molecule has 1 heterocycles. The van der Waals surface area contributed by atoms with Gasteiger partial charge in [0, 0.05) is 23.6 Å². The van der Waals surface area contributed by atoms with Crippen molar-refractivity contribution >= 4 is 23.3 Å². The van der Waals surface area contributed by atoms with Crippen molar-refractivity contribution < 1.29 is 19.1 Å². The summed E-state index contributed by atoms with van der Waals surface area (Å²) < 4.78 is 5.76. The Labute approximate surface area is 140 Å². The predicted octanol–water partition coefficient (Wildman–Crippen LogP) is 2.93. The quantitative estimate of drug-likeness (QED) is 0.802. The van der Waals surface area contributed by atoms with Crippen molar-refractivity contribution in [2.45, 2.75) is 51.0 Å². The molecule has 0 saturated heterocycles. The van der Waals surface area contributed by atoms with Gasteiger partial charge in [-0.25, -0.2) is 4.90 Å². The Bertz CT molecular complexity index is 736. The summed E-state index contributed by atoms with van der Waals surface area (Å²) in [6, 6.07) is 6.92. The van der Waals surface area contributed by atoms with Gasteiger partial charge in [0.1, 0.15) is 5.75 Å². The molecule has 124 valence electrons. The number of anilines is 1. The van der Waals surface area contributed by atoms with Crippen LogP contribution in [-0.4, -0.2) is 23.7 Å². The number of ether oxygens (including phenoxy) is 1. The van der Waals surface area contributed by atoms with E-state index in [2.05, 4.69) is 0 Å². The first-order valence-electron chi connectivity index (χ1n) is 8.55. The Morgan fingerprint density at radius 1 is 0.917 bits per heavy atom. The first-order chi connectivity index (χ1) is 11.6. The van der Waals surface area contributed by atoms with Gasteiger partial charge in [-0.15, -0.1) is 0 Å². The lowest BCUT2D eigenvalue weighted by Crippen LogP contribution is -2.31. The highest BCUT2D eigenvalue weighted by Crippen LogP contribution is 2.36. The Morgan fingerprint density at radius 3 is 2.25 bits per heavy atom. The maximum atomic E-state index is 12.6. The lowest BCUT2D eigenvalue weighted by atomic mass is 9.93. The highest BCUT2D eigenvalue weighted by Gasteiger charge is 2.39. The van der Waals surface area contributed by atoms with Gasteiger partial charge in [-0.2, -0.15) is 0 Å². The van der Waals surface area contributed by atoms with Crippen LogP contribution in [0.3, 0.4) is 0 Å². The van der Waals surface area contributed by atoms with Crippen LogP contribution < -0.4 is 9.64 Å². The van der Waals surface area contributed by atoms with Crippen LogP contribution in [0.15, 0.2) is 35.4 Å². The fourth-order valence-corrected chi connectivity index (χ4v) is 3.74. The minimum atomic E-state index is -0.406. The SMILES string of the molecule is O=C1CCCC1Oc1cccc(N2C(=O)C3=C(CCCC3)C2=O)c1. The molecule has 5 heteroatoms. The summed E-state index contributed by atoms with van der Waals surface area (Å²) in [7, 11) is 0. The van der Waals surface area contributed by atoms with Crippen LogP contribution in [0.4, 0.5) is 5.69 Å². The number of carbonyl (C=O) groups is 3. The minimum absolute atomic E-state index is 0.117. The number of benzene rings is 1. The number of carbonyl (C=O) groups excluding carboxylic acids is 3. The molecule has 3 aliphatic rings. The zero-order valence-electron chi connectivity index (χ0n) is 13.4. The monoisotopic (exact) mass is 325 g/mol. The molecule has 1 atom stereocenters. The molecule has 5 nitrogen and oxygen atoms in total. The Balaban J connectivity index is 1.59. The summed E-state index contributed by atoms with van der Waals surface area (Å²) in [5.41, 5.74) is 1.86. The summed E-state index contributed by atoms with van der Waals surface area (Å²) >= 11 is 0. The van der Waals surface area contributed by atoms with Crippen molar-refractivity contribution in [3.8, 4) is 5.75 Å². The average molecular weight is 325 g/mol. The number of nitrogens with zero attached hydrogens (tertiary/aromatic N) is 1. The lowest BCUT2D eigenvalue weighted by molar-refractivity contribution is -0.123. The molecule has 1 unspecified atom stereocenters. The average Bonchev–Trinajstić information content (AvgIpc) is 3.10. The first-order valence-corrected chi connectivity index (χ1v) is 8.55. The van der Waals surface area contributed by atoms with Gasteiger partial charge in [0.2, 0.25) is 0 Å². The molecular weight excluding hydrogens is 306 g/mol. The Hall–Kier alpha value is -2.43. The molecule has 24 heavy (non-hydrogen) atoms. The molecule has 2 aliphatic carbocycles. The number of Topliss-reactive ketones (excluding diaryl/α,β-unsaturated/α-hetero) is 1. The van der Waals surface area contributed by atoms with E-state index < -0.39 is 6.10 Å². The van der Waals surface area contributed by atoms with Crippen molar-refractivity contribution in [3.63, 3.8) is 0 Å². The zero-order valence-corrected chi connectivity index (χ0v) is 13.4. The van der Waals surface area contributed by atoms with Gasteiger partial charge in [-0.1, -0.05) is 6.07 Å².